The van der Waals surface area contributed by atoms with E-state index < -0.39 is 29.7 Å². The molecule has 8 heteroatoms. The molecule has 0 saturated carbocycles. The Labute approximate surface area is 122 Å². The molecule has 0 unspecified atom stereocenters. The van der Waals surface area contributed by atoms with Crippen LogP contribution in [0.1, 0.15) is 18.2 Å². The van der Waals surface area contributed by atoms with Crippen molar-refractivity contribution in [3.63, 3.8) is 0 Å². The summed E-state index contributed by atoms with van der Waals surface area (Å²) in [7, 11) is 0. The number of nitriles is 1. The van der Waals surface area contributed by atoms with E-state index in [-0.39, 0.29) is 10.9 Å². The number of ether oxygens (including phenoxy) is 1. The molecule has 2 heterocycles. The number of halogens is 1. The average molecular weight is 342 g/mol. The van der Waals surface area contributed by atoms with Gasteiger partial charge in [0, 0.05) is 18.2 Å². The Morgan fingerprint density at radius 3 is 3.05 bits per heavy atom. The molecule has 0 aromatic carbocycles. The largest absolute Gasteiger partial charge is 0.390 e. The number of aliphatic hydroxyl groups excluding tert-OH is 1. The van der Waals surface area contributed by atoms with Crippen molar-refractivity contribution >= 4 is 15.9 Å². The summed E-state index contributed by atoms with van der Waals surface area (Å²) in [5.41, 5.74) is -0.671. The molecule has 0 spiro atoms. The number of H-pyrrole nitrogens is 1. The normalized spacial score (nSPS) is 26.5. The summed E-state index contributed by atoms with van der Waals surface area (Å²) < 4.78 is 7.01. The van der Waals surface area contributed by atoms with Crippen molar-refractivity contribution < 1.29 is 9.84 Å². The van der Waals surface area contributed by atoms with Crippen molar-refractivity contribution in [2.75, 3.05) is 0 Å². The number of allylic oxidation sites excluding steroid dienone is 1. The zero-order valence-corrected chi connectivity index (χ0v) is 12.1. The van der Waals surface area contributed by atoms with Crippen LogP contribution in [0.5, 0.6) is 0 Å². The number of aryl methyl sites for hydroxylation is 1. The monoisotopic (exact) mass is 341 g/mol. The second kappa shape index (κ2) is 5.75. The van der Waals surface area contributed by atoms with Gasteiger partial charge in [0.25, 0.3) is 5.56 Å². The summed E-state index contributed by atoms with van der Waals surface area (Å²) >= 11 is 3.02. The zero-order valence-electron chi connectivity index (χ0n) is 10.5. The minimum atomic E-state index is -0.833. The van der Waals surface area contributed by atoms with Crippen molar-refractivity contribution in [2.45, 2.75) is 31.8 Å². The van der Waals surface area contributed by atoms with Gasteiger partial charge < -0.3 is 9.84 Å². The predicted molar refractivity (Wildman–Crippen MR) is 73.2 cm³/mol. The van der Waals surface area contributed by atoms with Crippen molar-refractivity contribution in [1.82, 2.24) is 9.55 Å². The lowest BCUT2D eigenvalue weighted by atomic mass is 10.1. The summed E-state index contributed by atoms with van der Waals surface area (Å²) in [5.74, 6) is 0. The average Bonchev–Trinajstić information content (AvgIpc) is 2.75. The lowest BCUT2D eigenvalue weighted by Gasteiger charge is -2.14. The van der Waals surface area contributed by atoms with Gasteiger partial charge in [-0.25, -0.2) is 4.79 Å². The van der Waals surface area contributed by atoms with Crippen LogP contribution in [-0.4, -0.2) is 26.9 Å². The van der Waals surface area contributed by atoms with E-state index in [1.807, 2.05) is 6.07 Å². The quantitative estimate of drug-likeness (QED) is 0.752. The molecule has 2 N–H and O–H groups in total. The number of nitrogens with one attached hydrogen (secondary N) is 1. The summed E-state index contributed by atoms with van der Waals surface area (Å²) in [6, 6.07) is 1.87. The Morgan fingerprint density at radius 2 is 2.40 bits per heavy atom. The van der Waals surface area contributed by atoms with Gasteiger partial charge in [-0.1, -0.05) is 0 Å². The Bertz CT molecular complexity index is 700. The molecule has 0 radical (unpaired) electrons. The number of aromatic nitrogens is 2. The van der Waals surface area contributed by atoms with Gasteiger partial charge >= 0.3 is 5.69 Å². The molecule has 1 saturated heterocycles. The van der Waals surface area contributed by atoms with Gasteiger partial charge in [0.05, 0.1) is 10.6 Å². The van der Waals surface area contributed by atoms with Crippen LogP contribution in [0.25, 0.3) is 0 Å². The topological polar surface area (TPSA) is 108 Å². The predicted octanol–water partition coefficient (Wildman–Crippen LogP) is 0.296. The van der Waals surface area contributed by atoms with Crippen LogP contribution in [0.4, 0.5) is 0 Å². The first-order valence-electron chi connectivity index (χ1n) is 5.85. The molecule has 7 nitrogen and oxygen atoms in total. The fourth-order valence-corrected chi connectivity index (χ4v) is 2.24. The number of aromatic amines is 1. The van der Waals surface area contributed by atoms with E-state index in [9.17, 15) is 14.7 Å². The number of hydrogen-bond donors (Lipinski definition) is 2. The van der Waals surface area contributed by atoms with Gasteiger partial charge in [-0.15, -0.1) is 0 Å². The van der Waals surface area contributed by atoms with E-state index >= 15 is 0 Å². The van der Waals surface area contributed by atoms with E-state index in [0.29, 0.717) is 5.56 Å². The SMILES string of the molecule is Cc1cn([C@H]2C[C@H](O)[C@@H](C=C(Br)C#N)O2)c(=O)[nH]c1=O. The van der Waals surface area contributed by atoms with E-state index in [2.05, 4.69) is 20.9 Å². The maximum Gasteiger partial charge on any atom is 0.330 e. The molecule has 1 aliphatic heterocycles. The van der Waals surface area contributed by atoms with Crippen LogP contribution in [0.2, 0.25) is 0 Å². The minimum absolute atomic E-state index is 0.193. The molecule has 0 aliphatic carbocycles. The summed E-state index contributed by atoms with van der Waals surface area (Å²) in [6.07, 6.45) is 0.817. The first-order chi connectivity index (χ1) is 9.42. The number of rotatable bonds is 2. The Kier molecular flexibility index (Phi) is 4.23. The van der Waals surface area contributed by atoms with Crippen molar-refractivity contribution in [2.24, 2.45) is 0 Å². The Morgan fingerprint density at radius 1 is 1.70 bits per heavy atom. The molecule has 2 rings (SSSR count). The van der Waals surface area contributed by atoms with Gasteiger partial charge in [0.1, 0.15) is 18.4 Å². The molecule has 20 heavy (non-hydrogen) atoms. The summed E-state index contributed by atoms with van der Waals surface area (Å²) in [4.78, 5) is 25.2. The number of aliphatic hydroxyl groups is 1. The highest BCUT2D eigenvalue weighted by atomic mass is 79.9. The van der Waals surface area contributed by atoms with Crippen LogP contribution in [-0.2, 0) is 4.74 Å². The summed E-state index contributed by atoms with van der Waals surface area (Å²) in [6.45, 7) is 1.57. The molecule has 1 aromatic heterocycles. The molecule has 106 valence electrons. The van der Waals surface area contributed by atoms with Gasteiger partial charge in [0.2, 0.25) is 0 Å². The van der Waals surface area contributed by atoms with Crippen LogP contribution < -0.4 is 11.2 Å². The van der Waals surface area contributed by atoms with Crippen LogP contribution in [0.3, 0.4) is 0 Å². The highest BCUT2D eigenvalue weighted by molar-refractivity contribution is 9.12. The van der Waals surface area contributed by atoms with E-state index in [0.717, 1.165) is 0 Å². The standard InChI is InChI=1S/C12H12BrN3O4/c1-6-5-16(12(19)15-11(6)18)10-3-8(17)9(20-10)2-7(13)4-14/h2,5,8-10,17H,3H2,1H3,(H,15,18,19)/t8-,9+,10+/m0/s1. The second-order valence-electron chi connectivity index (χ2n) is 4.46. The molecule has 0 bridgehead atoms. The van der Waals surface area contributed by atoms with Crippen molar-refractivity contribution in [1.29, 1.82) is 5.26 Å². The Hall–Kier alpha value is -1.69. The molecule has 1 aliphatic rings. The fourth-order valence-electron chi connectivity index (χ4n) is 1.98. The van der Waals surface area contributed by atoms with Crippen molar-refractivity contribution in [3.05, 3.63) is 43.2 Å². The number of hydrogen-bond acceptors (Lipinski definition) is 5. The van der Waals surface area contributed by atoms with E-state index in [1.165, 1.54) is 16.8 Å². The lowest BCUT2D eigenvalue weighted by Crippen LogP contribution is -2.33. The molecule has 1 aromatic rings. The minimum Gasteiger partial charge on any atom is -0.390 e. The van der Waals surface area contributed by atoms with Gasteiger partial charge in [0.15, 0.2) is 0 Å². The van der Waals surface area contributed by atoms with Gasteiger partial charge in [-0.3, -0.25) is 14.3 Å². The van der Waals surface area contributed by atoms with Crippen molar-refractivity contribution in [3.8, 4) is 6.07 Å². The van der Waals surface area contributed by atoms with E-state index in [1.54, 1.807) is 6.92 Å². The zero-order chi connectivity index (χ0) is 14.9. The highest BCUT2D eigenvalue weighted by Gasteiger charge is 2.34. The first-order valence-corrected chi connectivity index (χ1v) is 6.64. The lowest BCUT2D eigenvalue weighted by molar-refractivity contribution is 0.00469. The van der Waals surface area contributed by atoms with Crippen LogP contribution in [0, 0.1) is 18.3 Å². The first kappa shape index (κ1) is 14.7. The van der Waals surface area contributed by atoms with Gasteiger partial charge in [-0.2, -0.15) is 5.26 Å². The molecular weight excluding hydrogens is 330 g/mol. The fraction of sp³-hybridized carbons (Fsp3) is 0.417. The molecule has 3 atom stereocenters. The third kappa shape index (κ3) is 2.90. The third-order valence-electron chi connectivity index (χ3n) is 3.01. The summed E-state index contributed by atoms with van der Waals surface area (Å²) in [5, 5.41) is 18.6. The second-order valence-corrected chi connectivity index (χ2v) is 5.32. The van der Waals surface area contributed by atoms with Crippen LogP contribution >= 0.6 is 15.9 Å². The highest BCUT2D eigenvalue weighted by Crippen LogP contribution is 2.29. The number of nitrogens with zero attached hydrogens (tertiary/aromatic N) is 2. The van der Waals surface area contributed by atoms with Gasteiger partial charge in [-0.05, 0) is 28.9 Å². The van der Waals surface area contributed by atoms with E-state index in [4.69, 9.17) is 10.00 Å². The molecular formula is C12H12BrN3O4. The van der Waals surface area contributed by atoms with Crippen LogP contribution in [0.15, 0.2) is 26.3 Å². The third-order valence-corrected chi connectivity index (χ3v) is 3.45. The maximum atomic E-state index is 11.7. The molecule has 0 amide bonds. The smallest absolute Gasteiger partial charge is 0.330 e. The maximum absolute atomic E-state index is 11.7. The molecule has 1 fully saturated rings. The Balaban J connectivity index is 2.30.